The van der Waals surface area contributed by atoms with E-state index in [9.17, 15) is 19.7 Å². The van der Waals surface area contributed by atoms with Crippen LogP contribution in [0, 0.1) is 10.1 Å². The molecule has 0 unspecified atom stereocenters. The monoisotopic (exact) mass is 358 g/mol. The zero-order valence-electron chi connectivity index (χ0n) is 13.9. The number of hydrogen-bond donors (Lipinski definition) is 2. The van der Waals surface area contributed by atoms with Crippen molar-refractivity contribution in [3.8, 4) is 0 Å². The molecule has 0 saturated carbocycles. The van der Waals surface area contributed by atoms with Crippen molar-refractivity contribution in [3.63, 3.8) is 0 Å². The summed E-state index contributed by atoms with van der Waals surface area (Å²) in [6.45, 7) is 1.72. The summed E-state index contributed by atoms with van der Waals surface area (Å²) in [5.74, 6) is -1.17. The van der Waals surface area contributed by atoms with E-state index in [0.717, 1.165) is 37.6 Å². The number of nitro groups is 1. The van der Waals surface area contributed by atoms with Crippen LogP contribution in [0.1, 0.15) is 29.0 Å². The molecule has 3 amide bonds. The number of rotatable bonds is 5. The molecule has 9 nitrogen and oxygen atoms in total. The average Bonchev–Trinajstić information content (AvgIpc) is 3.31. The first-order chi connectivity index (χ1) is 12.5. The SMILES string of the molecule is O=C(NCc1cccc(NC(=O)N2CCCC2)c1)c1ccc([N+](=O)[O-])o1. The highest BCUT2D eigenvalue weighted by Gasteiger charge is 2.18. The van der Waals surface area contributed by atoms with Gasteiger partial charge in [-0.05, 0) is 36.6 Å². The number of nitrogens with one attached hydrogen (secondary N) is 2. The lowest BCUT2D eigenvalue weighted by Gasteiger charge is -2.16. The highest BCUT2D eigenvalue weighted by Crippen LogP contribution is 2.16. The highest BCUT2D eigenvalue weighted by atomic mass is 16.6. The molecule has 1 fully saturated rings. The third kappa shape index (κ3) is 4.18. The van der Waals surface area contributed by atoms with Crippen LogP contribution in [0.3, 0.4) is 0 Å². The Bertz CT molecular complexity index is 826. The second kappa shape index (κ2) is 7.68. The minimum absolute atomic E-state index is 0.129. The standard InChI is InChI=1S/C17H18N4O5/c22-16(14-6-7-15(26-14)21(24)25)18-11-12-4-3-5-13(10-12)19-17(23)20-8-1-2-9-20/h3-7,10H,1-2,8-9,11H2,(H,18,22)(H,19,23). The zero-order chi connectivity index (χ0) is 18.5. The topological polar surface area (TPSA) is 118 Å². The molecule has 0 atom stereocenters. The number of furan rings is 1. The van der Waals surface area contributed by atoms with Crippen LogP contribution >= 0.6 is 0 Å². The van der Waals surface area contributed by atoms with Gasteiger partial charge in [0.1, 0.15) is 4.92 Å². The Morgan fingerprint density at radius 1 is 1.19 bits per heavy atom. The second-order valence-electron chi connectivity index (χ2n) is 5.90. The predicted molar refractivity (Wildman–Crippen MR) is 92.8 cm³/mol. The summed E-state index contributed by atoms with van der Waals surface area (Å²) in [5.41, 5.74) is 1.42. The molecule has 136 valence electrons. The first-order valence-electron chi connectivity index (χ1n) is 8.20. The van der Waals surface area contributed by atoms with Crippen molar-refractivity contribution in [3.05, 3.63) is 57.8 Å². The number of carbonyl (C=O) groups excluding carboxylic acids is 2. The van der Waals surface area contributed by atoms with Crippen LogP contribution in [0.4, 0.5) is 16.4 Å². The Morgan fingerprint density at radius 2 is 1.96 bits per heavy atom. The number of nitrogens with zero attached hydrogens (tertiary/aromatic N) is 2. The van der Waals surface area contributed by atoms with Crippen LogP contribution in [0.25, 0.3) is 0 Å². The molecule has 0 spiro atoms. The fourth-order valence-corrected chi connectivity index (χ4v) is 2.70. The van der Waals surface area contributed by atoms with Crippen LogP contribution in [-0.2, 0) is 6.54 Å². The lowest BCUT2D eigenvalue weighted by Crippen LogP contribution is -2.32. The third-order valence-electron chi connectivity index (χ3n) is 4.02. The molecule has 0 aliphatic carbocycles. The van der Waals surface area contributed by atoms with Crippen molar-refractivity contribution >= 4 is 23.5 Å². The third-order valence-corrected chi connectivity index (χ3v) is 4.02. The summed E-state index contributed by atoms with van der Waals surface area (Å²) in [4.78, 5) is 35.7. The molecule has 9 heteroatoms. The van der Waals surface area contributed by atoms with Gasteiger partial charge in [0.05, 0.1) is 6.07 Å². The summed E-state index contributed by atoms with van der Waals surface area (Å²) >= 11 is 0. The van der Waals surface area contributed by atoms with Gasteiger partial charge >= 0.3 is 11.9 Å². The van der Waals surface area contributed by atoms with Gasteiger partial charge in [0, 0.05) is 25.3 Å². The Balaban J connectivity index is 1.56. The van der Waals surface area contributed by atoms with E-state index in [2.05, 4.69) is 10.6 Å². The van der Waals surface area contributed by atoms with Crippen molar-refractivity contribution in [2.24, 2.45) is 0 Å². The van der Waals surface area contributed by atoms with E-state index in [4.69, 9.17) is 4.42 Å². The largest absolute Gasteiger partial charge is 0.433 e. The Labute approximate surface area is 149 Å². The molecule has 26 heavy (non-hydrogen) atoms. The molecular weight excluding hydrogens is 340 g/mol. The summed E-state index contributed by atoms with van der Waals surface area (Å²) in [6.07, 6.45) is 2.04. The van der Waals surface area contributed by atoms with Crippen molar-refractivity contribution in [1.29, 1.82) is 0 Å². The smallest absolute Gasteiger partial charge is 0.395 e. The number of benzene rings is 1. The summed E-state index contributed by atoms with van der Waals surface area (Å²) < 4.78 is 4.85. The molecule has 1 aromatic carbocycles. The number of carbonyl (C=O) groups is 2. The first-order valence-corrected chi connectivity index (χ1v) is 8.20. The van der Waals surface area contributed by atoms with E-state index in [-0.39, 0.29) is 18.3 Å². The van der Waals surface area contributed by atoms with Crippen molar-refractivity contribution < 1.29 is 18.9 Å². The zero-order valence-corrected chi connectivity index (χ0v) is 13.9. The van der Waals surface area contributed by atoms with Gasteiger partial charge < -0.3 is 20.0 Å². The first kappa shape index (κ1) is 17.5. The molecule has 2 N–H and O–H groups in total. The maximum absolute atomic E-state index is 12.1. The maximum Gasteiger partial charge on any atom is 0.433 e. The molecule has 0 bridgehead atoms. The Kier molecular flexibility index (Phi) is 5.16. The highest BCUT2D eigenvalue weighted by molar-refractivity contribution is 5.92. The Morgan fingerprint density at radius 3 is 2.65 bits per heavy atom. The number of urea groups is 1. The molecule has 1 saturated heterocycles. The molecule has 1 aliphatic rings. The summed E-state index contributed by atoms with van der Waals surface area (Å²) in [5, 5.41) is 16.0. The lowest BCUT2D eigenvalue weighted by atomic mass is 10.2. The summed E-state index contributed by atoms with van der Waals surface area (Å²) in [6, 6.07) is 9.36. The van der Waals surface area contributed by atoms with E-state index in [1.54, 1.807) is 29.2 Å². The number of amides is 3. The van der Waals surface area contributed by atoms with Gasteiger partial charge in [-0.25, -0.2) is 4.79 Å². The minimum Gasteiger partial charge on any atom is -0.395 e. The van der Waals surface area contributed by atoms with E-state index in [1.165, 1.54) is 6.07 Å². The fraction of sp³-hybridized carbons (Fsp3) is 0.294. The van der Waals surface area contributed by atoms with Gasteiger partial charge in [0.15, 0.2) is 5.76 Å². The molecule has 2 aromatic rings. The molecule has 3 rings (SSSR count). The van der Waals surface area contributed by atoms with Gasteiger partial charge in [-0.2, -0.15) is 0 Å². The molecule has 1 aromatic heterocycles. The molecular formula is C17H18N4O5. The van der Waals surface area contributed by atoms with E-state index < -0.39 is 16.7 Å². The normalized spacial score (nSPS) is 13.5. The van der Waals surface area contributed by atoms with Gasteiger partial charge in [0.2, 0.25) is 0 Å². The van der Waals surface area contributed by atoms with Crippen LogP contribution in [0.5, 0.6) is 0 Å². The number of anilines is 1. The maximum atomic E-state index is 12.1. The van der Waals surface area contributed by atoms with Crippen molar-refractivity contribution in [2.45, 2.75) is 19.4 Å². The molecule has 1 aliphatic heterocycles. The predicted octanol–water partition coefficient (Wildman–Crippen LogP) is 2.75. The van der Waals surface area contributed by atoms with Crippen LogP contribution in [-0.4, -0.2) is 34.9 Å². The Hall–Kier alpha value is -3.36. The van der Waals surface area contributed by atoms with Crippen LogP contribution in [0.15, 0.2) is 40.8 Å². The van der Waals surface area contributed by atoms with Crippen LogP contribution in [0.2, 0.25) is 0 Å². The average molecular weight is 358 g/mol. The van der Waals surface area contributed by atoms with Gasteiger partial charge in [-0.15, -0.1) is 0 Å². The van der Waals surface area contributed by atoms with Gasteiger partial charge in [-0.3, -0.25) is 14.9 Å². The quantitative estimate of drug-likeness (QED) is 0.629. The van der Waals surface area contributed by atoms with Gasteiger partial charge in [-0.1, -0.05) is 12.1 Å². The van der Waals surface area contributed by atoms with Gasteiger partial charge in [0.25, 0.3) is 5.91 Å². The van der Waals surface area contributed by atoms with E-state index in [1.807, 2.05) is 0 Å². The molecule has 2 heterocycles. The molecule has 0 radical (unpaired) electrons. The summed E-state index contributed by atoms with van der Waals surface area (Å²) in [7, 11) is 0. The van der Waals surface area contributed by atoms with E-state index in [0.29, 0.717) is 5.69 Å². The fourth-order valence-electron chi connectivity index (χ4n) is 2.70. The second-order valence-corrected chi connectivity index (χ2v) is 5.90. The lowest BCUT2D eigenvalue weighted by molar-refractivity contribution is -0.402. The number of hydrogen-bond acceptors (Lipinski definition) is 5. The van der Waals surface area contributed by atoms with Crippen molar-refractivity contribution in [1.82, 2.24) is 10.2 Å². The minimum atomic E-state index is -0.705. The number of likely N-dealkylation sites (tertiary alicyclic amines) is 1. The van der Waals surface area contributed by atoms with Crippen LogP contribution < -0.4 is 10.6 Å². The van der Waals surface area contributed by atoms with Crippen molar-refractivity contribution in [2.75, 3.05) is 18.4 Å². The van der Waals surface area contributed by atoms with E-state index >= 15 is 0 Å².